The number of hydrogen-bond donors (Lipinski definition) is 0. The van der Waals surface area contributed by atoms with E-state index in [1.807, 2.05) is 0 Å². The fourth-order valence-electron chi connectivity index (χ4n) is 2.25. The Hall–Kier alpha value is -0.400. The Bertz CT molecular complexity index is 792. The van der Waals surface area contributed by atoms with Gasteiger partial charge in [0, 0.05) is 32.7 Å². The van der Waals surface area contributed by atoms with Crippen LogP contribution < -0.4 is 0 Å². The van der Waals surface area contributed by atoms with Crippen LogP contribution in [0.2, 0.25) is 20.1 Å². The normalized spacial score (nSPS) is 10.9. The van der Waals surface area contributed by atoms with E-state index >= 15 is 0 Å². The molecule has 0 spiro atoms. The van der Waals surface area contributed by atoms with Crippen molar-refractivity contribution in [3.63, 3.8) is 0 Å². The highest BCUT2D eigenvalue weighted by atomic mass is 35.5. The highest BCUT2D eigenvalue weighted by Gasteiger charge is 2.12. The second kappa shape index (κ2) is 13.1. The predicted octanol–water partition coefficient (Wildman–Crippen LogP) is 6.85. The van der Waals surface area contributed by atoms with Crippen molar-refractivity contribution in [3.8, 4) is 0 Å². The van der Waals surface area contributed by atoms with Crippen LogP contribution in [0.4, 0.5) is 0 Å². The summed E-state index contributed by atoms with van der Waals surface area (Å²) >= 11 is 26.7. The molecule has 0 aliphatic heterocycles. The summed E-state index contributed by atoms with van der Waals surface area (Å²) in [5, 5.41) is 1.74. The molecule has 0 aliphatic rings. The molecule has 0 aromatic heterocycles. The molecule has 0 heterocycles. The van der Waals surface area contributed by atoms with Crippen molar-refractivity contribution in [3.05, 3.63) is 67.6 Å². The lowest BCUT2D eigenvalue weighted by Crippen LogP contribution is -2.08. The Labute approximate surface area is 198 Å². The van der Waals surface area contributed by atoms with Crippen LogP contribution in [0, 0.1) is 0 Å². The molecule has 0 fully saturated rings. The average Bonchev–Trinajstić information content (AvgIpc) is 2.66. The van der Waals surface area contributed by atoms with E-state index < -0.39 is 0 Å². The summed E-state index contributed by atoms with van der Waals surface area (Å²) in [6, 6.07) is 9.70. The molecule has 156 valence electrons. The Kier molecular flexibility index (Phi) is 11.2. The van der Waals surface area contributed by atoms with E-state index in [-0.39, 0.29) is 11.6 Å². The van der Waals surface area contributed by atoms with Crippen molar-refractivity contribution < 1.29 is 14.3 Å². The van der Waals surface area contributed by atoms with E-state index in [1.54, 1.807) is 36.4 Å². The number of ether oxygens (including phenoxy) is 1. The number of Topliss-reactive ketones (excluding diaryl/α,β-unsaturated/α-hetero) is 2. The smallest absolute Gasteiger partial charge is 0.174 e. The van der Waals surface area contributed by atoms with Crippen LogP contribution in [0.1, 0.15) is 20.7 Å². The maximum Gasteiger partial charge on any atom is 0.174 e. The van der Waals surface area contributed by atoms with Crippen molar-refractivity contribution in [2.75, 3.05) is 36.2 Å². The molecule has 3 nitrogen and oxygen atoms in total. The molecule has 0 unspecified atom stereocenters. The minimum absolute atomic E-state index is 0.0356. The van der Waals surface area contributed by atoms with Crippen molar-refractivity contribution in [1.82, 2.24) is 0 Å². The Balaban J connectivity index is 1.54. The Morgan fingerprint density at radius 2 is 1.14 bits per heavy atom. The van der Waals surface area contributed by atoms with Crippen LogP contribution in [0.3, 0.4) is 0 Å². The maximum atomic E-state index is 12.1. The highest BCUT2D eigenvalue weighted by Crippen LogP contribution is 2.23. The molecule has 0 atom stereocenters. The van der Waals surface area contributed by atoms with Gasteiger partial charge in [0.2, 0.25) is 0 Å². The number of ketones is 2. The third-order valence-electron chi connectivity index (χ3n) is 3.67. The van der Waals surface area contributed by atoms with E-state index in [0.29, 0.717) is 67.4 Å². The van der Waals surface area contributed by atoms with Crippen LogP contribution in [0.15, 0.2) is 36.4 Å². The van der Waals surface area contributed by atoms with E-state index in [1.165, 1.54) is 23.5 Å². The Morgan fingerprint density at radius 1 is 0.724 bits per heavy atom. The second-order valence-corrected chi connectivity index (χ2v) is 9.71. The molecule has 0 amide bonds. The fourth-order valence-corrected chi connectivity index (χ4v) is 4.72. The molecule has 2 aromatic carbocycles. The molecular formula is C20H18Cl4O3S2. The monoisotopic (exact) mass is 510 g/mol. The summed E-state index contributed by atoms with van der Waals surface area (Å²) in [6.45, 7) is 1.06. The minimum Gasteiger partial charge on any atom is -0.380 e. The van der Waals surface area contributed by atoms with E-state index in [4.69, 9.17) is 51.1 Å². The lowest BCUT2D eigenvalue weighted by Gasteiger charge is -2.06. The predicted molar refractivity (Wildman–Crippen MR) is 127 cm³/mol. The van der Waals surface area contributed by atoms with Crippen molar-refractivity contribution >= 4 is 81.5 Å². The van der Waals surface area contributed by atoms with Crippen molar-refractivity contribution in [1.29, 1.82) is 0 Å². The first-order chi connectivity index (χ1) is 13.9. The molecule has 0 saturated carbocycles. The molecule has 0 aliphatic carbocycles. The third-order valence-corrected chi connectivity index (χ3v) is 6.61. The molecule has 29 heavy (non-hydrogen) atoms. The first kappa shape index (κ1) is 24.9. The molecule has 2 rings (SSSR count). The number of benzene rings is 2. The third kappa shape index (κ3) is 8.70. The molecule has 0 N–H and O–H groups in total. The standard InChI is InChI=1S/C20H18Cl4O3S2/c21-13-1-3-15(17(23)9-13)19(25)11-28-7-5-27-6-8-29-12-20(26)16-4-2-14(22)10-18(16)24/h1-4,9-10H,5-8,11-12H2. The molecule has 9 heteroatoms. The van der Waals surface area contributed by atoms with Gasteiger partial charge in [0.1, 0.15) is 0 Å². The van der Waals surface area contributed by atoms with Gasteiger partial charge < -0.3 is 4.74 Å². The quantitative estimate of drug-likeness (QED) is 0.230. The van der Waals surface area contributed by atoms with Gasteiger partial charge in [-0.15, -0.1) is 0 Å². The van der Waals surface area contributed by atoms with Gasteiger partial charge in [-0.25, -0.2) is 0 Å². The molecule has 0 radical (unpaired) electrons. The van der Waals surface area contributed by atoms with Crippen molar-refractivity contribution in [2.45, 2.75) is 0 Å². The summed E-state index contributed by atoms with van der Waals surface area (Å²) in [6.07, 6.45) is 0. The molecule has 0 bridgehead atoms. The SMILES string of the molecule is O=C(CSCCOCCSCC(=O)c1ccc(Cl)cc1Cl)c1ccc(Cl)cc1Cl. The van der Waals surface area contributed by atoms with Crippen LogP contribution in [-0.2, 0) is 4.74 Å². The summed E-state index contributed by atoms with van der Waals surface area (Å²) < 4.78 is 5.54. The van der Waals surface area contributed by atoms with Crippen LogP contribution in [0.5, 0.6) is 0 Å². The number of thioether (sulfide) groups is 2. The van der Waals surface area contributed by atoms with E-state index in [9.17, 15) is 9.59 Å². The van der Waals surface area contributed by atoms with Crippen LogP contribution in [0.25, 0.3) is 0 Å². The summed E-state index contributed by atoms with van der Waals surface area (Å²) in [7, 11) is 0. The first-order valence-electron chi connectivity index (χ1n) is 8.58. The maximum absolute atomic E-state index is 12.1. The second-order valence-electron chi connectivity index (χ2n) is 5.81. The van der Waals surface area contributed by atoms with Gasteiger partial charge in [-0.2, -0.15) is 23.5 Å². The van der Waals surface area contributed by atoms with Gasteiger partial charge in [-0.3, -0.25) is 9.59 Å². The number of rotatable bonds is 12. The minimum atomic E-state index is -0.0356. The number of hydrogen-bond acceptors (Lipinski definition) is 5. The zero-order valence-electron chi connectivity index (χ0n) is 15.3. The van der Waals surface area contributed by atoms with Gasteiger partial charge in [0.25, 0.3) is 0 Å². The lowest BCUT2D eigenvalue weighted by molar-refractivity contribution is 0.101. The Morgan fingerprint density at radius 3 is 1.52 bits per heavy atom. The van der Waals surface area contributed by atoms with Gasteiger partial charge in [0.15, 0.2) is 11.6 Å². The number of carbonyl (C=O) groups is 2. The van der Waals surface area contributed by atoms with Gasteiger partial charge in [-0.1, -0.05) is 46.4 Å². The summed E-state index contributed by atoms with van der Waals surface area (Å²) in [5.74, 6) is 1.98. The molecule has 2 aromatic rings. The molecule has 0 saturated heterocycles. The van der Waals surface area contributed by atoms with Gasteiger partial charge in [0.05, 0.1) is 34.8 Å². The summed E-state index contributed by atoms with van der Waals surface area (Å²) in [5.41, 5.74) is 0.956. The van der Waals surface area contributed by atoms with Gasteiger partial charge >= 0.3 is 0 Å². The van der Waals surface area contributed by atoms with E-state index in [2.05, 4.69) is 0 Å². The van der Waals surface area contributed by atoms with Crippen molar-refractivity contribution in [2.24, 2.45) is 0 Å². The number of halogens is 4. The van der Waals surface area contributed by atoms with Crippen LogP contribution >= 0.6 is 69.9 Å². The molecular weight excluding hydrogens is 494 g/mol. The zero-order valence-corrected chi connectivity index (χ0v) is 19.9. The van der Waals surface area contributed by atoms with Gasteiger partial charge in [-0.05, 0) is 36.4 Å². The average molecular weight is 512 g/mol. The van der Waals surface area contributed by atoms with Crippen LogP contribution in [-0.4, -0.2) is 47.8 Å². The zero-order chi connectivity index (χ0) is 21.2. The first-order valence-corrected chi connectivity index (χ1v) is 12.4. The fraction of sp³-hybridized carbons (Fsp3) is 0.300. The van der Waals surface area contributed by atoms with E-state index in [0.717, 1.165) is 0 Å². The largest absolute Gasteiger partial charge is 0.380 e. The topological polar surface area (TPSA) is 43.4 Å². The number of carbonyl (C=O) groups excluding carboxylic acids is 2. The lowest BCUT2D eigenvalue weighted by atomic mass is 10.1. The highest BCUT2D eigenvalue weighted by molar-refractivity contribution is 8.00. The summed E-state index contributed by atoms with van der Waals surface area (Å²) in [4.78, 5) is 24.3.